The lowest BCUT2D eigenvalue weighted by Gasteiger charge is -2.30. The Morgan fingerprint density at radius 3 is 2.73 bits per heavy atom. The molecule has 3 heterocycles. The van der Waals surface area contributed by atoms with Crippen LogP contribution in [0.25, 0.3) is 11.5 Å². The standard InChI is InChI=1S/C22H24ClN5O2/c23-18-6-2-1-5-17(18)15-25-20(29)10-14-28-12-8-16(9-13-28)22-26-21(27-30-22)19-7-3-4-11-24-19/h1-7,11,16H,8-10,12-15H2,(H,25,29). The van der Waals surface area contributed by atoms with Crippen LogP contribution in [-0.2, 0) is 11.3 Å². The van der Waals surface area contributed by atoms with E-state index in [9.17, 15) is 4.79 Å². The minimum absolute atomic E-state index is 0.0361. The van der Waals surface area contributed by atoms with Gasteiger partial charge in [-0.3, -0.25) is 9.78 Å². The Bertz CT molecular complexity index is 970. The summed E-state index contributed by atoms with van der Waals surface area (Å²) >= 11 is 6.13. The number of carbonyl (C=O) groups excluding carboxylic acids is 1. The molecule has 1 saturated heterocycles. The molecule has 1 aromatic carbocycles. The molecule has 156 valence electrons. The Balaban J connectivity index is 1.20. The first kappa shape index (κ1) is 20.5. The van der Waals surface area contributed by atoms with Crippen molar-refractivity contribution in [1.82, 2.24) is 25.3 Å². The number of halogens is 1. The van der Waals surface area contributed by atoms with E-state index >= 15 is 0 Å². The smallest absolute Gasteiger partial charge is 0.230 e. The predicted octanol–water partition coefficient (Wildman–Crippen LogP) is 3.67. The fraction of sp³-hybridized carbons (Fsp3) is 0.364. The van der Waals surface area contributed by atoms with Gasteiger partial charge in [0, 0.05) is 36.6 Å². The number of amides is 1. The molecule has 1 aliphatic heterocycles. The highest BCUT2D eigenvalue weighted by atomic mass is 35.5. The molecule has 3 aromatic rings. The lowest BCUT2D eigenvalue weighted by molar-refractivity contribution is -0.121. The first-order chi connectivity index (χ1) is 14.7. The number of carbonyl (C=O) groups is 1. The van der Waals surface area contributed by atoms with Crippen molar-refractivity contribution in [3.8, 4) is 11.5 Å². The van der Waals surface area contributed by atoms with E-state index in [1.807, 2.05) is 42.5 Å². The van der Waals surface area contributed by atoms with Gasteiger partial charge >= 0.3 is 0 Å². The first-order valence-electron chi connectivity index (χ1n) is 10.2. The highest BCUT2D eigenvalue weighted by Gasteiger charge is 2.25. The van der Waals surface area contributed by atoms with Gasteiger partial charge < -0.3 is 14.7 Å². The topological polar surface area (TPSA) is 84.2 Å². The van der Waals surface area contributed by atoms with Crippen LogP contribution in [0.15, 0.2) is 53.2 Å². The highest BCUT2D eigenvalue weighted by molar-refractivity contribution is 6.31. The zero-order valence-electron chi connectivity index (χ0n) is 16.6. The average molecular weight is 426 g/mol. The Labute approximate surface area is 180 Å². The molecule has 7 nitrogen and oxygen atoms in total. The van der Waals surface area contributed by atoms with Crippen molar-refractivity contribution in [3.05, 3.63) is 65.1 Å². The second-order valence-corrected chi connectivity index (χ2v) is 7.81. The van der Waals surface area contributed by atoms with Crippen LogP contribution < -0.4 is 5.32 Å². The molecule has 1 aliphatic rings. The summed E-state index contributed by atoms with van der Waals surface area (Å²) in [7, 11) is 0. The SMILES string of the molecule is O=C(CCN1CCC(c2nc(-c3ccccn3)no2)CC1)NCc1ccccc1Cl. The lowest BCUT2D eigenvalue weighted by atomic mass is 9.96. The summed E-state index contributed by atoms with van der Waals surface area (Å²) < 4.78 is 5.48. The minimum atomic E-state index is 0.0361. The molecule has 0 saturated carbocycles. The second-order valence-electron chi connectivity index (χ2n) is 7.41. The Kier molecular flexibility index (Phi) is 6.71. The van der Waals surface area contributed by atoms with Gasteiger partial charge in [-0.15, -0.1) is 0 Å². The minimum Gasteiger partial charge on any atom is -0.352 e. The average Bonchev–Trinajstić information content (AvgIpc) is 3.28. The molecule has 4 rings (SSSR count). The van der Waals surface area contributed by atoms with Crippen LogP contribution >= 0.6 is 11.6 Å². The van der Waals surface area contributed by atoms with Gasteiger partial charge in [0.15, 0.2) is 0 Å². The van der Waals surface area contributed by atoms with E-state index in [2.05, 4.69) is 25.3 Å². The van der Waals surface area contributed by atoms with Crippen molar-refractivity contribution >= 4 is 17.5 Å². The van der Waals surface area contributed by atoms with E-state index in [0.29, 0.717) is 35.4 Å². The molecule has 1 amide bonds. The Morgan fingerprint density at radius 1 is 1.17 bits per heavy atom. The van der Waals surface area contributed by atoms with Crippen LogP contribution in [-0.4, -0.2) is 45.6 Å². The van der Waals surface area contributed by atoms with Crippen LogP contribution in [0.5, 0.6) is 0 Å². The highest BCUT2D eigenvalue weighted by Crippen LogP contribution is 2.28. The zero-order valence-corrected chi connectivity index (χ0v) is 17.4. The maximum atomic E-state index is 12.2. The van der Waals surface area contributed by atoms with Crippen LogP contribution in [0, 0.1) is 0 Å². The van der Waals surface area contributed by atoms with Crippen LogP contribution in [0.4, 0.5) is 0 Å². The molecular formula is C22H24ClN5O2. The van der Waals surface area contributed by atoms with Crippen molar-refractivity contribution in [3.63, 3.8) is 0 Å². The van der Waals surface area contributed by atoms with Gasteiger partial charge in [0.05, 0.1) is 0 Å². The Morgan fingerprint density at radius 2 is 1.97 bits per heavy atom. The number of hydrogen-bond donors (Lipinski definition) is 1. The summed E-state index contributed by atoms with van der Waals surface area (Å²) in [6, 6.07) is 13.2. The van der Waals surface area contributed by atoms with E-state index in [1.165, 1.54) is 0 Å². The van der Waals surface area contributed by atoms with Gasteiger partial charge in [-0.05, 0) is 49.7 Å². The predicted molar refractivity (Wildman–Crippen MR) is 114 cm³/mol. The van der Waals surface area contributed by atoms with Crippen molar-refractivity contribution in [2.24, 2.45) is 0 Å². The normalized spacial score (nSPS) is 15.2. The van der Waals surface area contributed by atoms with Gasteiger partial charge in [0.1, 0.15) is 5.69 Å². The molecule has 0 spiro atoms. The van der Waals surface area contributed by atoms with Gasteiger partial charge in [-0.1, -0.05) is 41.0 Å². The third-order valence-corrected chi connectivity index (χ3v) is 5.73. The van der Waals surface area contributed by atoms with E-state index in [-0.39, 0.29) is 11.8 Å². The summed E-state index contributed by atoms with van der Waals surface area (Å²) in [6.07, 6.45) is 4.06. The van der Waals surface area contributed by atoms with Crippen LogP contribution in [0.2, 0.25) is 5.02 Å². The van der Waals surface area contributed by atoms with E-state index in [1.54, 1.807) is 6.20 Å². The molecule has 30 heavy (non-hydrogen) atoms. The van der Waals surface area contributed by atoms with E-state index in [4.69, 9.17) is 16.1 Å². The van der Waals surface area contributed by atoms with Crippen LogP contribution in [0.3, 0.4) is 0 Å². The quantitative estimate of drug-likeness (QED) is 0.621. The molecule has 0 bridgehead atoms. The van der Waals surface area contributed by atoms with Gasteiger partial charge in [-0.25, -0.2) is 0 Å². The number of rotatable bonds is 7. The number of hydrogen-bond acceptors (Lipinski definition) is 6. The van der Waals surface area contributed by atoms with Crippen molar-refractivity contribution in [1.29, 1.82) is 0 Å². The van der Waals surface area contributed by atoms with Crippen LogP contribution in [0.1, 0.15) is 36.6 Å². The Hall–Kier alpha value is -2.77. The summed E-state index contributed by atoms with van der Waals surface area (Å²) in [5.74, 6) is 1.49. The first-order valence-corrected chi connectivity index (χ1v) is 10.5. The number of nitrogens with one attached hydrogen (secondary N) is 1. The van der Waals surface area contributed by atoms with Gasteiger partial charge in [0.25, 0.3) is 0 Å². The molecule has 0 radical (unpaired) electrons. The molecular weight excluding hydrogens is 402 g/mol. The molecule has 0 unspecified atom stereocenters. The summed E-state index contributed by atoms with van der Waals surface area (Å²) in [5.41, 5.74) is 1.64. The summed E-state index contributed by atoms with van der Waals surface area (Å²) in [4.78, 5) is 23.3. The van der Waals surface area contributed by atoms with E-state index in [0.717, 1.165) is 38.0 Å². The number of benzene rings is 1. The molecule has 0 atom stereocenters. The second kappa shape index (κ2) is 9.82. The lowest BCUT2D eigenvalue weighted by Crippen LogP contribution is -2.36. The number of piperidine rings is 1. The van der Waals surface area contributed by atoms with Crippen molar-refractivity contribution in [2.75, 3.05) is 19.6 Å². The maximum Gasteiger partial charge on any atom is 0.230 e. The molecule has 0 aliphatic carbocycles. The van der Waals surface area contributed by atoms with E-state index < -0.39 is 0 Å². The molecule has 1 N–H and O–H groups in total. The monoisotopic (exact) mass is 425 g/mol. The fourth-order valence-electron chi connectivity index (χ4n) is 3.59. The fourth-order valence-corrected chi connectivity index (χ4v) is 3.79. The number of likely N-dealkylation sites (tertiary alicyclic amines) is 1. The number of aromatic nitrogens is 3. The summed E-state index contributed by atoms with van der Waals surface area (Å²) in [5, 5.41) is 7.68. The molecule has 1 fully saturated rings. The third-order valence-electron chi connectivity index (χ3n) is 5.36. The van der Waals surface area contributed by atoms with Gasteiger partial charge in [0.2, 0.25) is 17.6 Å². The van der Waals surface area contributed by atoms with Crippen molar-refractivity contribution in [2.45, 2.75) is 31.7 Å². The maximum absolute atomic E-state index is 12.2. The number of pyridine rings is 1. The number of nitrogens with zero attached hydrogens (tertiary/aromatic N) is 4. The zero-order chi connectivity index (χ0) is 20.8. The summed E-state index contributed by atoms with van der Waals surface area (Å²) in [6.45, 7) is 3.01. The third kappa shape index (κ3) is 5.23. The molecule has 2 aromatic heterocycles. The molecule has 8 heteroatoms. The van der Waals surface area contributed by atoms with Crippen molar-refractivity contribution < 1.29 is 9.32 Å². The van der Waals surface area contributed by atoms with Gasteiger partial charge in [-0.2, -0.15) is 4.98 Å². The largest absolute Gasteiger partial charge is 0.352 e.